The third-order valence-electron chi connectivity index (χ3n) is 3.88. The molecule has 2 aromatic rings. The number of aliphatic imine (C=N–C) groups is 1. The molecular weight excluding hydrogens is 286 g/mol. The van der Waals surface area contributed by atoms with Gasteiger partial charge in [0, 0.05) is 20.5 Å². The van der Waals surface area contributed by atoms with E-state index in [4.69, 9.17) is 4.74 Å². The second-order valence-electron chi connectivity index (χ2n) is 5.95. The standard InChI is InChI=1S/C19H23N3O/c1-22(2)19(20-13-15-8-4-3-5-9-15)21-14-17-12-16-10-6-7-11-18(16)23-17/h3-11,17H,12-14H2,1-2H3,(H,20,21). The molecule has 1 heterocycles. The molecule has 1 atom stereocenters. The van der Waals surface area contributed by atoms with Crippen LogP contribution < -0.4 is 10.1 Å². The second-order valence-corrected chi connectivity index (χ2v) is 5.95. The van der Waals surface area contributed by atoms with Crippen LogP contribution in [-0.4, -0.2) is 37.6 Å². The van der Waals surface area contributed by atoms with Gasteiger partial charge in [0.05, 0.1) is 13.1 Å². The van der Waals surface area contributed by atoms with Gasteiger partial charge in [-0.2, -0.15) is 0 Å². The van der Waals surface area contributed by atoms with E-state index in [1.807, 2.05) is 49.3 Å². The van der Waals surface area contributed by atoms with E-state index in [9.17, 15) is 0 Å². The lowest BCUT2D eigenvalue weighted by atomic mass is 10.1. The van der Waals surface area contributed by atoms with Gasteiger partial charge < -0.3 is 15.0 Å². The lowest BCUT2D eigenvalue weighted by Gasteiger charge is -2.20. The summed E-state index contributed by atoms with van der Waals surface area (Å²) in [5, 5.41) is 3.42. The first kappa shape index (κ1) is 15.4. The van der Waals surface area contributed by atoms with Crippen LogP contribution in [0.15, 0.2) is 59.6 Å². The highest BCUT2D eigenvalue weighted by molar-refractivity contribution is 5.79. The second kappa shape index (κ2) is 7.18. The number of hydrogen-bond acceptors (Lipinski definition) is 2. The Bertz CT molecular complexity index is 642. The molecular formula is C19H23N3O. The first-order valence-corrected chi connectivity index (χ1v) is 7.96. The van der Waals surface area contributed by atoms with Crippen molar-refractivity contribution in [1.29, 1.82) is 0 Å². The van der Waals surface area contributed by atoms with Crippen LogP contribution in [-0.2, 0) is 13.0 Å². The van der Waals surface area contributed by atoms with Crippen molar-refractivity contribution in [2.75, 3.05) is 20.6 Å². The Balaban J connectivity index is 1.56. The summed E-state index contributed by atoms with van der Waals surface area (Å²) >= 11 is 0. The average Bonchev–Trinajstić information content (AvgIpc) is 2.98. The highest BCUT2D eigenvalue weighted by Gasteiger charge is 2.22. The van der Waals surface area contributed by atoms with Crippen LogP contribution in [0.2, 0.25) is 0 Å². The van der Waals surface area contributed by atoms with Crippen molar-refractivity contribution >= 4 is 5.96 Å². The summed E-state index contributed by atoms with van der Waals surface area (Å²) in [4.78, 5) is 6.68. The van der Waals surface area contributed by atoms with Crippen molar-refractivity contribution in [3.63, 3.8) is 0 Å². The number of fused-ring (bicyclic) bond motifs is 1. The first-order chi connectivity index (χ1) is 11.2. The minimum atomic E-state index is 0.161. The third-order valence-corrected chi connectivity index (χ3v) is 3.88. The fourth-order valence-corrected chi connectivity index (χ4v) is 2.68. The van der Waals surface area contributed by atoms with E-state index in [-0.39, 0.29) is 6.10 Å². The fourth-order valence-electron chi connectivity index (χ4n) is 2.68. The number of nitrogens with zero attached hydrogens (tertiary/aromatic N) is 2. The van der Waals surface area contributed by atoms with E-state index in [1.54, 1.807) is 0 Å². The minimum absolute atomic E-state index is 0.161. The van der Waals surface area contributed by atoms with Crippen LogP contribution in [0.1, 0.15) is 11.1 Å². The van der Waals surface area contributed by atoms with Crippen molar-refractivity contribution in [2.24, 2.45) is 4.99 Å². The van der Waals surface area contributed by atoms with Crippen LogP contribution >= 0.6 is 0 Å². The molecule has 0 radical (unpaired) electrons. The number of benzene rings is 2. The summed E-state index contributed by atoms with van der Waals surface area (Å²) < 4.78 is 5.96. The van der Waals surface area contributed by atoms with Crippen LogP contribution in [0.3, 0.4) is 0 Å². The van der Waals surface area contributed by atoms with E-state index in [0.29, 0.717) is 6.54 Å². The molecule has 1 unspecified atom stereocenters. The predicted octanol–water partition coefficient (Wildman–Crippen LogP) is 2.70. The zero-order valence-corrected chi connectivity index (χ0v) is 13.7. The molecule has 4 heteroatoms. The summed E-state index contributed by atoms with van der Waals surface area (Å²) in [6.07, 6.45) is 1.11. The van der Waals surface area contributed by atoms with Gasteiger partial charge in [-0.25, -0.2) is 4.99 Å². The molecule has 0 amide bonds. The molecule has 3 rings (SSSR count). The number of guanidine groups is 1. The Morgan fingerprint density at radius 3 is 2.61 bits per heavy atom. The molecule has 1 aliphatic rings. The Kier molecular flexibility index (Phi) is 4.81. The van der Waals surface area contributed by atoms with E-state index in [1.165, 1.54) is 11.1 Å². The monoisotopic (exact) mass is 309 g/mol. The minimum Gasteiger partial charge on any atom is -0.488 e. The average molecular weight is 309 g/mol. The van der Waals surface area contributed by atoms with Crippen molar-refractivity contribution in [1.82, 2.24) is 10.2 Å². The predicted molar refractivity (Wildman–Crippen MR) is 93.8 cm³/mol. The van der Waals surface area contributed by atoms with Gasteiger partial charge in [-0.05, 0) is 17.2 Å². The molecule has 120 valence electrons. The molecule has 4 nitrogen and oxygen atoms in total. The molecule has 0 fully saturated rings. The SMILES string of the molecule is CN(C)C(=NCc1ccccc1)NCC1Cc2ccccc2O1. The molecule has 1 N–H and O–H groups in total. The van der Waals surface area contributed by atoms with Crippen molar-refractivity contribution in [2.45, 2.75) is 19.1 Å². The largest absolute Gasteiger partial charge is 0.488 e. The maximum Gasteiger partial charge on any atom is 0.193 e. The zero-order chi connectivity index (χ0) is 16.1. The van der Waals surface area contributed by atoms with Crippen LogP contribution in [0.5, 0.6) is 5.75 Å². The Morgan fingerprint density at radius 2 is 1.87 bits per heavy atom. The topological polar surface area (TPSA) is 36.9 Å². The van der Waals surface area contributed by atoms with Crippen LogP contribution in [0, 0.1) is 0 Å². The summed E-state index contributed by atoms with van der Waals surface area (Å²) in [7, 11) is 4.00. The summed E-state index contributed by atoms with van der Waals surface area (Å²) in [5.41, 5.74) is 2.49. The van der Waals surface area contributed by atoms with Gasteiger partial charge in [0.15, 0.2) is 5.96 Å². The maximum atomic E-state index is 5.96. The highest BCUT2D eigenvalue weighted by atomic mass is 16.5. The molecule has 2 aromatic carbocycles. The Morgan fingerprint density at radius 1 is 1.13 bits per heavy atom. The summed E-state index contributed by atoms with van der Waals surface area (Å²) in [6, 6.07) is 18.5. The first-order valence-electron chi connectivity index (χ1n) is 7.96. The fraction of sp³-hybridized carbons (Fsp3) is 0.316. The molecule has 0 saturated heterocycles. The van der Waals surface area contributed by atoms with Gasteiger partial charge in [-0.15, -0.1) is 0 Å². The van der Waals surface area contributed by atoms with Crippen LogP contribution in [0.4, 0.5) is 0 Å². The number of ether oxygens (including phenoxy) is 1. The van der Waals surface area contributed by atoms with E-state index >= 15 is 0 Å². The summed E-state index contributed by atoms with van der Waals surface area (Å²) in [5.74, 6) is 1.89. The Labute approximate surface area is 137 Å². The molecule has 0 bridgehead atoms. The summed E-state index contributed by atoms with van der Waals surface area (Å²) in [6.45, 7) is 1.42. The van der Waals surface area contributed by atoms with Gasteiger partial charge >= 0.3 is 0 Å². The van der Waals surface area contributed by atoms with Gasteiger partial charge in [-0.3, -0.25) is 0 Å². The molecule has 0 saturated carbocycles. The van der Waals surface area contributed by atoms with Crippen LogP contribution in [0.25, 0.3) is 0 Å². The number of rotatable bonds is 4. The molecule has 1 aliphatic heterocycles. The number of nitrogens with one attached hydrogen (secondary N) is 1. The van der Waals surface area contributed by atoms with E-state index < -0.39 is 0 Å². The molecule has 0 aromatic heterocycles. The lowest BCUT2D eigenvalue weighted by Crippen LogP contribution is -2.41. The third kappa shape index (κ3) is 4.03. The lowest BCUT2D eigenvalue weighted by molar-refractivity contribution is 0.234. The van der Waals surface area contributed by atoms with Gasteiger partial charge in [0.2, 0.25) is 0 Å². The quantitative estimate of drug-likeness (QED) is 0.697. The van der Waals surface area contributed by atoms with Gasteiger partial charge in [-0.1, -0.05) is 48.5 Å². The van der Waals surface area contributed by atoms with Crippen molar-refractivity contribution in [3.8, 4) is 5.75 Å². The Hall–Kier alpha value is -2.49. The highest BCUT2D eigenvalue weighted by Crippen LogP contribution is 2.27. The zero-order valence-electron chi connectivity index (χ0n) is 13.7. The van der Waals surface area contributed by atoms with Gasteiger partial charge in [0.25, 0.3) is 0 Å². The van der Waals surface area contributed by atoms with E-state index in [0.717, 1.165) is 24.7 Å². The van der Waals surface area contributed by atoms with Gasteiger partial charge in [0.1, 0.15) is 11.9 Å². The number of hydrogen-bond donors (Lipinski definition) is 1. The van der Waals surface area contributed by atoms with Crippen molar-refractivity contribution < 1.29 is 4.74 Å². The van der Waals surface area contributed by atoms with E-state index in [2.05, 4.69) is 34.6 Å². The molecule has 0 aliphatic carbocycles. The van der Waals surface area contributed by atoms with Crippen molar-refractivity contribution in [3.05, 3.63) is 65.7 Å². The number of para-hydroxylation sites is 1. The normalized spacial score (nSPS) is 16.6. The smallest absolute Gasteiger partial charge is 0.193 e. The molecule has 0 spiro atoms. The maximum absolute atomic E-state index is 5.96. The molecule has 23 heavy (non-hydrogen) atoms.